The summed E-state index contributed by atoms with van der Waals surface area (Å²) in [5.74, 6) is 0.0135. The first-order chi connectivity index (χ1) is 12.6. The lowest BCUT2D eigenvalue weighted by Crippen LogP contribution is -2.52. The minimum atomic E-state index is -0.275. The molecule has 1 unspecified atom stereocenters. The number of likely N-dealkylation sites (tertiary alicyclic amines) is 1. The molecule has 142 valence electrons. The number of piperazine rings is 1. The molecular weight excluding hydrogens is 333 g/mol. The highest BCUT2D eigenvalue weighted by molar-refractivity contribution is 5.80. The van der Waals surface area contributed by atoms with Gasteiger partial charge in [0.15, 0.2) is 0 Å². The molecule has 2 saturated heterocycles. The molecule has 0 aliphatic carbocycles. The molecule has 0 saturated carbocycles. The van der Waals surface area contributed by atoms with Crippen molar-refractivity contribution in [2.24, 2.45) is 5.92 Å². The summed E-state index contributed by atoms with van der Waals surface area (Å²) in [5.41, 5.74) is 0.834. The van der Waals surface area contributed by atoms with E-state index in [1.54, 1.807) is 6.07 Å². The fourth-order valence-electron chi connectivity index (χ4n) is 3.96. The Labute approximate surface area is 154 Å². The van der Waals surface area contributed by atoms with Crippen molar-refractivity contribution >= 4 is 11.8 Å². The molecule has 2 amide bonds. The fourth-order valence-corrected chi connectivity index (χ4v) is 3.96. The maximum atomic E-state index is 13.6. The summed E-state index contributed by atoms with van der Waals surface area (Å²) in [4.78, 5) is 28.9. The van der Waals surface area contributed by atoms with Crippen LogP contribution in [0.25, 0.3) is 0 Å². The summed E-state index contributed by atoms with van der Waals surface area (Å²) in [6.45, 7) is 5.35. The van der Waals surface area contributed by atoms with Crippen LogP contribution in [-0.4, -0.2) is 54.3 Å². The van der Waals surface area contributed by atoms with Gasteiger partial charge in [0.1, 0.15) is 5.82 Å². The largest absolute Gasteiger partial charge is 0.343 e. The molecular formula is C20H28FN3O2. The smallest absolute Gasteiger partial charge is 0.226 e. The van der Waals surface area contributed by atoms with Gasteiger partial charge in [-0.05, 0) is 37.0 Å². The summed E-state index contributed by atoms with van der Waals surface area (Å²) in [6, 6.07) is 6.39. The molecule has 2 aliphatic rings. The van der Waals surface area contributed by atoms with E-state index in [0.717, 1.165) is 18.5 Å². The van der Waals surface area contributed by atoms with Crippen LogP contribution in [0.15, 0.2) is 24.3 Å². The van der Waals surface area contributed by atoms with Crippen LogP contribution >= 0.6 is 0 Å². The lowest BCUT2D eigenvalue weighted by molar-refractivity contribution is -0.143. The second-order valence-corrected chi connectivity index (χ2v) is 7.21. The van der Waals surface area contributed by atoms with Gasteiger partial charge in [0.25, 0.3) is 0 Å². The average Bonchev–Trinajstić information content (AvgIpc) is 2.68. The van der Waals surface area contributed by atoms with Crippen LogP contribution < -0.4 is 5.32 Å². The van der Waals surface area contributed by atoms with Crippen LogP contribution in [0.1, 0.15) is 44.2 Å². The SMILES string of the molecule is CCCC(=O)N1CCC(C(=O)N2CCNCC2c2cccc(F)c2)CC1. The fraction of sp³-hybridized carbons (Fsp3) is 0.600. The zero-order chi connectivity index (χ0) is 18.5. The first-order valence-corrected chi connectivity index (χ1v) is 9.64. The highest BCUT2D eigenvalue weighted by atomic mass is 19.1. The van der Waals surface area contributed by atoms with Crippen molar-refractivity contribution < 1.29 is 14.0 Å². The predicted octanol–water partition coefficient (Wildman–Crippen LogP) is 2.34. The summed E-state index contributed by atoms with van der Waals surface area (Å²) < 4.78 is 13.6. The third-order valence-corrected chi connectivity index (χ3v) is 5.42. The van der Waals surface area contributed by atoms with E-state index in [4.69, 9.17) is 0 Å². The number of benzene rings is 1. The number of hydrogen-bond acceptors (Lipinski definition) is 3. The molecule has 2 heterocycles. The topological polar surface area (TPSA) is 52.7 Å². The van der Waals surface area contributed by atoms with E-state index >= 15 is 0 Å². The van der Waals surface area contributed by atoms with E-state index < -0.39 is 0 Å². The third-order valence-electron chi connectivity index (χ3n) is 5.42. The number of carbonyl (C=O) groups is 2. The lowest BCUT2D eigenvalue weighted by atomic mass is 9.93. The quantitative estimate of drug-likeness (QED) is 0.896. The number of rotatable bonds is 4. The number of nitrogens with one attached hydrogen (secondary N) is 1. The molecule has 2 aliphatic heterocycles. The van der Waals surface area contributed by atoms with Crippen LogP contribution in [-0.2, 0) is 9.59 Å². The number of nitrogens with zero attached hydrogens (tertiary/aromatic N) is 2. The molecule has 6 heteroatoms. The Morgan fingerprint density at radius 3 is 2.69 bits per heavy atom. The molecule has 0 aromatic heterocycles. The predicted molar refractivity (Wildman–Crippen MR) is 97.9 cm³/mol. The van der Waals surface area contributed by atoms with Gasteiger partial charge in [-0.3, -0.25) is 9.59 Å². The zero-order valence-electron chi connectivity index (χ0n) is 15.4. The molecule has 3 rings (SSSR count). The highest BCUT2D eigenvalue weighted by Crippen LogP contribution is 2.28. The Bertz CT molecular complexity index is 644. The van der Waals surface area contributed by atoms with Crippen LogP contribution in [0.2, 0.25) is 0 Å². The Morgan fingerprint density at radius 1 is 1.23 bits per heavy atom. The minimum Gasteiger partial charge on any atom is -0.343 e. The number of amides is 2. The van der Waals surface area contributed by atoms with Crippen LogP contribution in [0.3, 0.4) is 0 Å². The van der Waals surface area contributed by atoms with Gasteiger partial charge < -0.3 is 15.1 Å². The molecule has 26 heavy (non-hydrogen) atoms. The molecule has 5 nitrogen and oxygen atoms in total. The van der Waals surface area contributed by atoms with E-state index in [9.17, 15) is 14.0 Å². The molecule has 1 atom stereocenters. The van der Waals surface area contributed by atoms with E-state index in [1.807, 2.05) is 22.8 Å². The maximum Gasteiger partial charge on any atom is 0.226 e. The Balaban J connectivity index is 1.65. The van der Waals surface area contributed by atoms with Crippen LogP contribution in [0.4, 0.5) is 4.39 Å². The Morgan fingerprint density at radius 2 is 2.00 bits per heavy atom. The van der Waals surface area contributed by atoms with E-state index in [-0.39, 0.29) is 29.6 Å². The van der Waals surface area contributed by atoms with Crippen molar-refractivity contribution in [1.82, 2.24) is 15.1 Å². The molecule has 1 aromatic carbocycles. The van der Waals surface area contributed by atoms with Crippen molar-refractivity contribution in [3.63, 3.8) is 0 Å². The van der Waals surface area contributed by atoms with Crippen LogP contribution in [0, 0.1) is 11.7 Å². The number of carbonyl (C=O) groups excluding carboxylic acids is 2. The van der Waals surface area contributed by atoms with Gasteiger partial charge in [-0.2, -0.15) is 0 Å². The van der Waals surface area contributed by atoms with Gasteiger partial charge in [0.2, 0.25) is 11.8 Å². The molecule has 0 radical (unpaired) electrons. The van der Waals surface area contributed by atoms with Gasteiger partial charge in [-0.25, -0.2) is 4.39 Å². The maximum absolute atomic E-state index is 13.6. The van der Waals surface area contributed by atoms with Crippen molar-refractivity contribution in [3.05, 3.63) is 35.6 Å². The number of hydrogen-bond donors (Lipinski definition) is 1. The monoisotopic (exact) mass is 361 g/mol. The highest BCUT2D eigenvalue weighted by Gasteiger charge is 2.34. The molecule has 0 bridgehead atoms. The summed E-state index contributed by atoms with van der Waals surface area (Å²) >= 11 is 0. The first-order valence-electron chi connectivity index (χ1n) is 9.64. The second-order valence-electron chi connectivity index (χ2n) is 7.21. The molecule has 2 fully saturated rings. The summed E-state index contributed by atoms with van der Waals surface area (Å²) in [6.07, 6.45) is 2.87. The van der Waals surface area contributed by atoms with Gasteiger partial charge >= 0.3 is 0 Å². The van der Waals surface area contributed by atoms with Crippen molar-refractivity contribution in [2.75, 3.05) is 32.7 Å². The van der Waals surface area contributed by atoms with E-state index in [0.29, 0.717) is 45.4 Å². The summed E-state index contributed by atoms with van der Waals surface area (Å²) in [7, 11) is 0. The van der Waals surface area contributed by atoms with Gasteiger partial charge in [-0.1, -0.05) is 19.1 Å². The normalized spacial score (nSPS) is 21.7. The minimum absolute atomic E-state index is 0.0464. The zero-order valence-corrected chi connectivity index (χ0v) is 15.4. The van der Waals surface area contributed by atoms with Crippen molar-refractivity contribution in [3.8, 4) is 0 Å². The lowest BCUT2D eigenvalue weighted by Gasteiger charge is -2.40. The van der Waals surface area contributed by atoms with Gasteiger partial charge in [0.05, 0.1) is 6.04 Å². The average molecular weight is 361 g/mol. The Hall–Kier alpha value is -1.95. The summed E-state index contributed by atoms with van der Waals surface area (Å²) in [5, 5.41) is 3.31. The standard InChI is InChI=1S/C20H28FN3O2/c1-2-4-19(25)23-10-7-15(8-11-23)20(26)24-12-9-22-14-18(24)16-5-3-6-17(21)13-16/h3,5-6,13,15,18,22H,2,4,7-12,14H2,1H3. The van der Waals surface area contributed by atoms with Gasteiger partial charge in [-0.15, -0.1) is 0 Å². The molecule has 1 aromatic rings. The number of halogens is 1. The van der Waals surface area contributed by atoms with Crippen molar-refractivity contribution in [1.29, 1.82) is 0 Å². The van der Waals surface area contributed by atoms with Crippen molar-refractivity contribution in [2.45, 2.75) is 38.6 Å². The third kappa shape index (κ3) is 4.23. The second kappa shape index (κ2) is 8.62. The molecule has 1 N–H and O–H groups in total. The van der Waals surface area contributed by atoms with Crippen LogP contribution in [0.5, 0.6) is 0 Å². The first kappa shape index (κ1) is 18.8. The molecule has 0 spiro atoms. The Kier molecular flexibility index (Phi) is 6.25. The van der Waals surface area contributed by atoms with E-state index in [2.05, 4.69) is 5.32 Å². The number of piperidine rings is 1. The van der Waals surface area contributed by atoms with Gasteiger partial charge in [0, 0.05) is 45.1 Å². The van der Waals surface area contributed by atoms with E-state index in [1.165, 1.54) is 12.1 Å².